The van der Waals surface area contributed by atoms with Gasteiger partial charge in [-0.15, -0.1) is 11.3 Å². The first-order valence-corrected chi connectivity index (χ1v) is 10.8. The minimum atomic E-state index is 0.219. The highest BCUT2D eigenvalue weighted by Gasteiger charge is 2.13. The van der Waals surface area contributed by atoms with E-state index in [1.54, 1.807) is 18.4 Å². The predicted molar refractivity (Wildman–Crippen MR) is 123 cm³/mol. The fourth-order valence-corrected chi connectivity index (χ4v) is 4.10. The lowest BCUT2D eigenvalue weighted by atomic mass is 10.2. The van der Waals surface area contributed by atoms with Gasteiger partial charge in [-0.1, -0.05) is 25.3 Å². The van der Waals surface area contributed by atoms with Crippen molar-refractivity contribution >= 4 is 28.3 Å². The molecule has 0 saturated heterocycles. The highest BCUT2D eigenvalue weighted by Crippen LogP contribution is 2.35. The van der Waals surface area contributed by atoms with Crippen molar-refractivity contribution in [2.45, 2.75) is 26.0 Å². The molecule has 7 nitrogen and oxygen atoms in total. The summed E-state index contributed by atoms with van der Waals surface area (Å²) in [6.07, 6.45) is 2.38. The summed E-state index contributed by atoms with van der Waals surface area (Å²) in [5, 5.41) is 1.25. The predicted octanol–water partition coefficient (Wildman–Crippen LogP) is 3.74. The smallest absolute Gasteiger partial charge is 0.161 e. The number of hydrogen-bond acceptors (Lipinski definition) is 8. The molecular formula is C20H27N5O2S2. The van der Waals surface area contributed by atoms with Gasteiger partial charge in [-0.2, -0.15) is 0 Å². The molecule has 0 atom stereocenters. The Morgan fingerprint density at radius 1 is 1.31 bits per heavy atom. The van der Waals surface area contributed by atoms with E-state index in [-0.39, 0.29) is 5.82 Å². The lowest BCUT2D eigenvalue weighted by molar-refractivity contribution is 0.294. The van der Waals surface area contributed by atoms with Crippen LogP contribution in [0.5, 0.6) is 11.5 Å². The van der Waals surface area contributed by atoms with Crippen LogP contribution >= 0.6 is 23.1 Å². The molecule has 2 rings (SSSR count). The molecule has 1 aromatic heterocycles. The molecule has 0 unspecified atom stereocenters. The highest BCUT2D eigenvalue weighted by atomic mass is 32.2. The second kappa shape index (κ2) is 10.8. The van der Waals surface area contributed by atoms with Crippen LogP contribution in [0.15, 0.2) is 47.4 Å². The van der Waals surface area contributed by atoms with Crippen LogP contribution < -0.4 is 26.7 Å². The number of aromatic nitrogens is 1. The van der Waals surface area contributed by atoms with Gasteiger partial charge in [0.05, 0.1) is 19.4 Å². The van der Waals surface area contributed by atoms with E-state index in [0.717, 1.165) is 33.3 Å². The van der Waals surface area contributed by atoms with E-state index in [4.69, 9.17) is 31.7 Å². The normalized spacial score (nSPS) is 12.1. The molecule has 1 heterocycles. The summed E-state index contributed by atoms with van der Waals surface area (Å²) in [5.41, 5.74) is 19.4. The number of methoxy groups -OCH3 is 1. The van der Waals surface area contributed by atoms with Gasteiger partial charge in [-0.3, -0.25) is 0 Å². The summed E-state index contributed by atoms with van der Waals surface area (Å²) in [6.45, 7) is 8.28. The van der Waals surface area contributed by atoms with Crippen LogP contribution in [0.25, 0.3) is 10.6 Å². The third kappa shape index (κ3) is 6.72. The van der Waals surface area contributed by atoms with Gasteiger partial charge in [0.1, 0.15) is 10.8 Å². The first-order valence-electron chi connectivity index (χ1n) is 9.00. The molecule has 0 aliphatic carbocycles. The monoisotopic (exact) mass is 433 g/mol. The fraction of sp³-hybridized carbons (Fsp3) is 0.300. The van der Waals surface area contributed by atoms with Gasteiger partial charge in [0.2, 0.25) is 0 Å². The average Bonchev–Trinajstić information content (AvgIpc) is 3.04. The molecule has 0 aliphatic heterocycles. The van der Waals surface area contributed by atoms with E-state index >= 15 is 0 Å². The Morgan fingerprint density at radius 3 is 2.72 bits per heavy atom. The summed E-state index contributed by atoms with van der Waals surface area (Å²) in [4.78, 5) is 9.97. The minimum Gasteiger partial charge on any atom is -0.493 e. The maximum absolute atomic E-state index is 5.93. The van der Waals surface area contributed by atoms with Crippen LogP contribution in [0, 0.1) is 6.92 Å². The maximum atomic E-state index is 5.93. The van der Waals surface area contributed by atoms with Crippen molar-refractivity contribution in [2.24, 2.45) is 22.2 Å². The molecule has 156 valence electrons. The molecule has 0 saturated carbocycles. The molecule has 6 N–H and O–H groups in total. The Morgan fingerprint density at radius 2 is 2.07 bits per heavy atom. The number of aryl methyl sites for hydroxylation is 1. The third-order valence-electron chi connectivity index (χ3n) is 3.69. The van der Waals surface area contributed by atoms with Crippen molar-refractivity contribution in [3.63, 3.8) is 0 Å². The van der Waals surface area contributed by atoms with Gasteiger partial charge in [-0.25, -0.2) is 9.98 Å². The van der Waals surface area contributed by atoms with Gasteiger partial charge >= 0.3 is 0 Å². The van der Waals surface area contributed by atoms with Crippen LogP contribution in [0.3, 0.4) is 0 Å². The van der Waals surface area contributed by atoms with Crippen molar-refractivity contribution in [2.75, 3.05) is 13.7 Å². The molecular weight excluding hydrogens is 406 g/mol. The van der Waals surface area contributed by atoms with Gasteiger partial charge < -0.3 is 26.7 Å². The van der Waals surface area contributed by atoms with E-state index in [0.29, 0.717) is 29.0 Å². The Balaban J connectivity index is 2.16. The van der Waals surface area contributed by atoms with Crippen LogP contribution in [-0.2, 0) is 5.75 Å². The fourth-order valence-electron chi connectivity index (χ4n) is 2.34. The summed E-state index contributed by atoms with van der Waals surface area (Å²) in [7, 11) is 1.63. The Bertz CT molecular complexity index is 922. The number of rotatable bonds is 9. The molecule has 0 aliphatic rings. The zero-order chi connectivity index (χ0) is 21.4. The number of aliphatic imine (C=N–C) groups is 1. The van der Waals surface area contributed by atoms with Gasteiger partial charge in [-0.05, 0) is 31.5 Å². The number of benzene rings is 1. The summed E-state index contributed by atoms with van der Waals surface area (Å²) in [6, 6.07) is 5.84. The second-order valence-electron chi connectivity index (χ2n) is 6.12. The SMILES string of the molecule is C=C(N)/C=C(N)\N=C(/N)SCc1nc(-c2ccc(OC)c(OCCC)c2)sc1C. The largest absolute Gasteiger partial charge is 0.493 e. The first kappa shape index (κ1) is 22.6. The lowest BCUT2D eigenvalue weighted by Gasteiger charge is -2.10. The summed E-state index contributed by atoms with van der Waals surface area (Å²) >= 11 is 2.99. The van der Waals surface area contributed by atoms with E-state index < -0.39 is 0 Å². The molecule has 29 heavy (non-hydrogen) atoms. The molecule has 9 heteroatoms. The van der Waals surface area contributed by atoms with E-state index in [2.05, 4.69) is 18.5 Å². The van der Waals surface area contributed by atoms with Crippen molar-refractivity contribution < 1.29 is 9.47 Å². The van der Waals surface area contributed by atoms with Gasteiger partial charge in [0.25, 0.3) is 0 Å². The van der Waals surface area contributed by atoms with Gasteiger partial charge in [0.15, 0.2) is 16.7 Å². The Kier molecular flexibility index (Phi) is 8.41. The number of thiazole rings is 1. The maximum Gasteiger partial charge on any atom is 0.161 e. The zero-order valence-electron chi connectivity index (χ0n) is 16.9. The molecule has 2 aromatic rings. The Labute approximate surface area is 179 Å². The molecule has 0 bridgehead atoms. The number of nitrogens with zero attached hydrogens (tertiary/aromatic N) is 2. The quantitative estimate of drug-likeness (QED) is 0.313. The highest BCUT2D eigenvalue weighted by molar-refractivity contribution is 8.13. The topological polar surface area (TPSA) is 122 Å². The molecule has 0 spiro atoms. The third-order valence-corrected chi connectivity index (χ3v) is 5.56. The van der Waals surface area contributed by atoms with Crippen LogP contribution in [-0.4, -0.2) is 23.9 Å². The van der Waals surface area contributed by atoms with Gasteiger partial charge in [0, 0.05) is 28.0 Å². The van der Waals surface area contributed by atoms with Crippen molar-refractivity contribution in [3.05, 3.63) is 52.9 Å². The number of thioether (sulfide) groups is 1. The second-order valence-corrected chi connectivity index (χ2v) is 8.32. The molecule has 0 fully saturated rings. The number of hydrogen-bond donors (Lipinski definition) is 3. The Hall–Kier alpha value is -2.65. The molecule has 1 aromatic carbocycles. The van der Waals surface area contributed by atoms with Crippen LogP contribution in [0.1, 0.15) is 23.9 Å². The van der Waals surface area contributed by atoms with E-state index in [1.165, 1.54) is 17.8 Å². The van der Waals surface area contributed by atoms with Crippen LogP contribution in [0.4, 0.5) is 0 Å². The van der Waals surface area contributed by atoms with E-state index in [1.807, 2.05) is 25.1 Å². The molecule has 0 radical (unpaired) electrons. The minimum absolute atomic E-state index is 0.219. The average molecular weight is 434 g/mol. The van der Waals surface area contributed by atoms with Crippen molar-refractivity contribution in [3.8, 4) is 22.1 Å². The zero-order valence-corrected chi connectivity index (χ0v) is 18.5. The number of allylic oxidation sites excluding steroid dienone is 1. The van der Waals surface area contributed by atoms with E-state index in [9.17, 15) is 0 Å². The van der Waals surface area contributed by atoms with Crippen LogP contribution in [0.2, 0.25) is 0 Å². The summed E-state index contributed by atoms with van der Waals surface area (Å²) in [5.74, 6) is 2.23. The standard InChI is InChI=1S/C20H27N5O2S2/c1-5-8-27-17-10-14(6-7-16(17)26-4)19-24-15(13(3)29-19)11-28-20(23)25-18(22)9-12(2)21/h6-7,9-10H,2,5,8,11,21-22H2,1,3-4H3,(H2,23,25)/b18-9-. The first-order chi connectivity index (χ1) is 13.8. The number of nitrogens with two attached hydrogens (primary N) is 3. The number of amidine groups is 1. The van der Waals surface area contributed by atoms with Crippen molar-refractivity contribution in [1.29, 1.82) is 0 Å². The van der Waals surface area contributed by atoms with Crippen molar-refractivity contribution in [1.82, 2.24) is 4.98 Å². The summed E-state index contributed by atoms with van der Waals surface area (Å²) < 4.78 is 11.2. The lowest BCUT2D eigenvalue weighted by Crippen LogP contribution is -2.10. The number of ether oxygens (including phenoxy) is 2. The molecule has 0 amide bonds.